The fourth-order valence-electron chi connectivity index (χ4n) is 2.54. The lowest BCUT2D eigenvalue weighted by Crippen LogP contribution is -2.36. The first kappa shape index (κ1) is 19.5. The monoisotopic (exact) mass is 347 g/mol. The maximum atomic E-state index is 13.0. The maximum absolute atomic E-state index is 13.0. The first-order valence-corrected chi connectivity index (χ1v) is 8.43. The largest absolute Gasteiger partial charge is 0.389 e. The lowest BCUT2D eigenvalue weighted by molar-refractivity contribution is 0.00479. The first-order chi connectivity index (χ1) is 12.2. The Morgan fingerprint density at radius 3 is 2.44 bits per heavy atom. The van der Waals surface area contributed by atoms with Crippen LogP contribution in [0.5, 0.6) is 0 Å². The lowest BCUT2D eigenvalue weighted by atomic mass is 10.2. The smallest absolute Gasteiger partial charge is 0.123 e. The predicted molar refractivity (Wildman–Crippen MR) is 95.7 cm³/mol. The predicted octanol–water partition coefficient (Wildman–Crippen LogP) is 2.85. The van der Waals surface area contributed by atoms with Crippen molar-refractivity contribution in [2.75, 3.05) is 33.4 Å². The average Bonchev–Trinajstić information content (AvgIpc) is 2.62. The van der Waals surface area contributed by atoms with Crippen molar-refractivity contribution in [3.05, 3.63) is 71.5 Å². The van der Waals surface area contributed by atoms with Gasteiger partial charge in [-0.2, -0.15) is 0 Å². The Morgan fingerprint density at radius 1 is 1.04 bits per heavy atom. The summed E-state index contributed by atoms with van der Waals surface area (Å²) in [5.41, 5.74) is 2.08. The van der Waals surface area contributed by atoms with Crippen LogP contribution in [-0.2, 0) is 22.6 Å². The van der Waals surface area contributed by atoms with Crippen LogP contribution in [0, 0.1) is 5.82 Å². The summed E-state index contributed by atoms with van der Waals surface area (Å²) < 4.78 is 23.8. The van der Waals surface area contributed by atoms with Gasteiger partial charge < -0.3 is 14.6 Å². The SMILES string of the molecule is COCCN(Cc1ccc(F)cc1)CC(O)COCc1ccccc1. The number of aliphatic hydroxyl groups excluding tert-OH is 1. The quantitative estimate of drug-likeness (QED) is 0.679. The molecule has 1 N–H and O–H groups in total. The molecule has 4 nitrogen and oxygen atoms in total. The van der Waals surface area contributed by atoms with Crippen LogP contribution >= 0.6 is 0 Å². The molecule has 0 bridgehead atoms. The van der Waals surface area contributed by atoms with Gasteiger partial charge in [-0.15, -0.1) is 0 Å². The summed E-state index contributed by atoms with van der Waals surface area (Å²) >= 11 is 0. The number of halogens is 1. The van der Waals surface area contributed by atoms with Crippen LogP contribution in [0.3, 0.4) is 0 Å². The van der Waals surface area contributed by atoms with Crippen LogP contribution in [0.2, 0.25) is 0 Å². The number of nitrogens with zero attached hydrogens (tertiary/aromatic N) is 1. The second kappa shape index (κ2) is 10.9. The number of methoxy groups -OCH3 is 1. The summed E-state index contributed by atoms with van der Waals surface area (Å²) in [5, 5.41) is 10.3. The van der Waals surface area contributed by atoms with Crippen molar-refractivity contribution in [1.82, 2.24) is 4.90 Å². The average molecular weight is 347 g/mol. The highest BCUT2D eigenvalue weighted by molar-refractivity contribution is 5.16. The van der Waals surface area contributed by atoms with Crippen molar-refractivity contribution in [1.29, 1.82) is 0 Å². The van der Waals surface area contributed by atoms with Crippen LogP contribution in [0.15, 0.2) is 54.6 Å². The standard InChI is InChI=1S/C20H26FNO3/c1-24-12-11-22(13-17-7-9-19(21)10-8-17)14-20(23)16-25-15-18-5-3-2-4-6-18/h2-10,20,23H,11-16H2,1H3. The van der Waals surface area contributed by atoms with Crippen LogP contribution in [-0.4, -0.2) is 49.5 Å². The van der Waals surface area contributed by atoms with Gasteiger partial charge in [-0.3, -0.25) is 4.90 Å². The second-order valence-electron chi connectivity index (χ2n) is 6.01. The molecule has 0 aliphatic carbocycles. The van der Waals surface area contributed by atoms with E-state index in [9.17, 15) is 9.50 Å². The molecule has 0 heterocycles. The normalized spacial score (nSPS) is 12.5. The van der Waals surface area contributed by atoms with Gasteiger partial charge in [-0.05, 0) is 23.3 Å². The third kappa shape index (κ3) is 7.75. The Morgan fingerprint density at radius 2 is 1.76 bits per heavy atom. The molecule has 0 fully saturated rings. The van der Waals surface area contributed by atoms with Gasteiger partial charge in [-0.1, -0.05) is 42.5 Å². The van der Waals surface area contributed by atoms with E-state index < -0.39 is 6.10 Å². The topological polar surface area (TPSA) is 41.9 Å². The van der Waals surface area contributed by atoms with Crippen molar-refractivity contribution in [3.63, 3.8) is 0 Å². The van der Waals surface area contributed by atoms with Crippen LogP contribution in [0.4, 0.5) is 4.39 Å². The van der Waals surface area contributed by atoms with E-state index >= 15 is 0 Å². The zero-order valence-corrected chi connectivity index (χ0v) is 14.6. The maximum Gasteiger partial charge on any atom is 0.123 e. The van der Waals surface area contributed by atoms with Crippen LogP contribution in [0.1, 0.15) is 11.1 Å². The van der Waals surface area contributed by atoms with E-state index in [1.807, 2.05) is 30.3 Å². The zero-order chi connectivity index (χ0) is 17.9. The van der Waals surface area contributed by atoms with Gasteiger partial charge in [0.15, 0.2) is 0 Å². The number of benzene rings is 2. The molecule has 0 aliphatic heterocycles. The van der Waals surface area contributed by atoms with Crippen molar-refractivity contribution in [3.8, 4) is 0 Å². The highest BCUT2D eigenvalue weighted by Crippen LogP contribution is 2.08. The molecule has 0 spiro atoms. The molecule has 0 saturated carbocycles. The minimum absolute atomic E-state index is 0.249. The molecule has 2 aromatic carbocycles. The minimum atomic E-state index is -0.596. The fourth-order valence-corrected chi connectivity index (χ4v) is 2.54. The van der Waals surface area contributed by atoms with Gasteiger partial charge >= 0.3 is 0 Å². The molecule has 0 aromatic heterocycles. The van der Waals surface area contributed by atoms with E-state index in [1.165, 1.54) is 12.1 Å². The molecule has 5 heteroatoms. The summed E-state index contributed by atoms with van der Waals surface area (Å²) in [6.45, 7) is 3.09. The number of hydrogen-bond donors (Lipinski definition) is 1. The lowest BCUT2D eigenvalue weighted by Gasteiger charge is -2.25. The molecule has 136 valence electrons. The first-order valence-electron chi connectivity index (χ1n) is 8.43. The highest BCUT2D eigenvalue weighted by Gasteiger charge is 2.13. The van der Waals surface area contributed by atoms with Crippen molar-refractivity contribution < 1.29 is 19.0 Å². The fraction of sp³-hybridized carbons (Fsp3) is 0.400. The van der Waals surface area contributed by atoms with E-state index in [0.29, 0.717) is 32.8 Å². The third-order valence-corrected chi connectivity index (χ3v) is 3.82. The number of rotatable bonds is 11. The van der Waals surface area contributed by atoms with Crippen molar-refractivity contribution in [2.24, 2.45) is 0 Å². The Kier molecular flexibility index (Phi) is 8.55. The molecular weight excluding hydrogens is 321 g/mol. The number of ether oxygens (including phenoxy) is 2. The van der Waals surface area contributed by atoms with E-state index in [1.54, 1.807) is 19.2 Å². The summed E-state index contributed by atoms with van der Waals surface area (Å²) in [6, 6.07) is 16.3. The van der Waals surface area contributed by atoms with Crippen molar-refractivity contribution >= 4 is 0 Å². The summed E-state index contributed by atoms with van der Waals surface area (Å²) in [5.74, 6) is -0.249. The third-order valence-electron chi connectivity index (χ3n) is 3.82. The van der Waals surface area contributed by atoms with E-state index in [-0.39, 0.29) is 12.4 Å². The van der Waals surface area contributed by atoms with Gasteiger partial charge in [0.1, 0.15) is 5.82 Å². The molecule has 0 radical (unpaired) electrons. The van der Waals surface area contributed by atoms with Gasteiger partial charge in [0.25, 0.3) is 0 Å². The summed E-state index contributed by atoms with van der Waals surface area (Å²) in [7, 11) is 1.65. The Hall–Kier alpha value is -1.79. The van der Waals surface area contributed by atoms with E-state index in [4.69, 9.17) is 9.47 Å². The Bertz CT molecular complexity index is 592. The van der Waals surface area contributed by atoms with Crippen molar-refractivity contribution in [2.45, 2.75) is 19.3 Å². The molecule has 0 saturated heterocycles. The van der Waals surface area contributed by atoms with E-state index in [0.717, 1.165) is 11.1 Å². The highest BCUT2D eigenvalue weighted by atomic mass is 19.1. The van der Waals surface area contributed by atoms with E-state index in [2.05, 4.69) is 4.90 Å². The molecule has 2 rings (SSSR count). The molecule has 0 aliphatic rings. The second-order valence-corrected chi connectivity index (χ2v) is 6.01. The minimum Gasteiger partial charge on any atom is -0.389 e. The Labute approximate surface area is 148 Å². The van der Waals surface area contributed by atoms with Crippen LogP contribution in [0.25, 0.3) is 0 Å². The zero-order valence-electron chi connectivity index (χ0n) is 14.6. The van der Waals surface area contributed by atoms with Gasteiger partial charge in [0.05, 0.1) is 25.9 Å². The molecule has 25 heavy (non-hydrogen) atoms. The number of hydrogen-bond acceptors (Lipinski definition) is 4. The Balaban J connectivity index is 1.79. The number of aliphatic hydroxyl groups is 1. The molecular formula is C20H26FNO3. The summed E-state index contributed by atoms with van der Waals surface area (Å²) in [4.78, 5) is 2.08. The van der Waals surface area contributed by atoms with Gasteiger partial charge in [-0.25, -0.2) is 4.39 Å². The molecule has 1 atom stereocenters. The van der Waals surface area contributed by atoms with Gasteiger partial charge in [0.2, 0.25) is 0 Å². The van der Waals surface area contributed by atoms with Crippen LogP contribution < -0.4 is 0 Å². The molecule has 1 unspecified atom stereocenters. The summed E-state index contributed by atoms with van der Waals surface area (Å²) in [6.07, 6.45) is -0.596. The van der Waals surface area contributed by atoms with Gasteiger partial charge in [0, 0.05) is 26.7 Å². The molecule has 2 aromatic rings. The molecule has 0 amide bonds.